The molecule has 102 valence electrons. The number of carbonyl (C=O) groups excluding carboxylic acids is 1. The Morgan fingerprint density at radius 3 is 2.95 bits per heavy atom. The molecule has 6 heteroatoms. The van der Waals surface area contributed by atoms with Gasteiger partial charge in [0.1, 0.15) is 0 Å². The molecule has 1 atom stereocenters. The first-order chi connectivity index (χ1) is 8.92. The van der Waals surface area contributed by atoms with Gasteiger partial charge in [0, 0.05) is 11.6 Å². The van der Waals surface area contributed by atoms with E-state index in [-0.39, 0.29) is 18.4 Å². The summed E-state index contributed by atoms with van der Waals surface area (Å²) in [5, 5.41) is 11.9. The number of hydrogen-bond acceptors (Lipinski definition) is 4. The summed E-state index contributed by atoms with van der Waals surface area (Å²) in [5.41, 5.74) is 6.70. The highest BCUT2D eigenvalue weighted by Crippen LogP contribution is 2.22. The summed E-state index contributed by atoms with van der Waals surface area (Å²) in [6.07, 6.45) is 0. The Hall–Kier alpha value is -1.77. The molecule has 0 radical (unpaired) electrons. The van der Waals surface area contributed by atoms with Crippen LogP contribution in [0.4, 0.5) is 11.4 Å². The second-order valence-electron chi connectivity index (χ2n) is 4.51. The number of likely N-dealkylation sites (N-methyl/N-ethyl adjacent to an activating group) is 1. The van der Waals surface area contributed by atoms with Crippen LogP contribution in [-0.2, 0) is 4.79 Å². The maximum atomic E-state index is 11.8. The van der Waals surface area contributed by atoms with Gasteiger partial charge in [-0.15, -0.1) is 0 Å². The van der Waals surface area contributed by atoms with Crippen molar-refractivity contribution in [2.45, 2.75) is 6.92 Å². The van der Waals surface area contributed by atoms with Crippen LogP contribution in [-0.4, -0.2) is 30.9 Å². The van der Waals surface area contributed by atoms with Crippen molar-refractivity contribution in [3.8, 4) is 6.07 Å². The molecule has 0 saturated carbocycles. The second kappa shape index (κ2) is 6.98. The minimum atomic E-state index is -0.193. The van der Waals surface area contributed by atoms with Crippen LogP contribution in [0.3, 0.4) is 0 Å². The summed E-state index contributed by atoms with van der Waals surface area (Å²) in [5.74, 6) is -0.310. The fourth-order valence-corrected chi connectivity index (χ4v) is 1.82. The highest BCUT2D eigenvalue weighted by Gasteiger charge is 2.11. The second-order valence-corrected chi connectivity index (χ2v) is 4.94. The maximum Gasteiger partial charge on any atom is 0.238 e. The van der Waals surface area contributed by atoms with E-state index < -0.39 is 0 Å². The monoisotopic (exact) mass is 280 g/mol. The number of nitrogen functional groups attached to an aromatic ring is 1. The van der Waals surface area contributed by atoms with Gasteiger partial charge in [-0.25, -0.2) is 0 Å². The molecular formula is C13H17ClN4O. The van der Waals surface area contributed by atoms with Gasteiger partial charge in [0.2, 0.25) is 5.91 Å². The molecule has 0 aliphatic rings. The van der Waals surface area contributed by atoms with Gasteiger partial charge < -0.3 is 11.1 Å². The number of carbonyl (C=O) groups is 1. The molecular weight excluding hydrogens is 264 g/mol. The molecule has 0 aliphatic carbocycles. The fourth-order valence-electron chi connectivity index (χ4n) is 1.64. The number of nitrogens with two attached hydrogens (primary N) is 1. The van der Waals surface area contributed by atoms with E-state index in [0.29, 0.717) is 22.9 Å². The quantitative estimate of drug-likeness (QED) is 0.808. The number of rotatable bonds is 5. The van der Waals surface area contributed by atoms with E-state index in [4.69, 9.17) is 22.6 Å². The molecule has 0 spiro atoms. The Labute approximate surface area is 117 Å². The topological polar surface area (TPSA) is 82.2 Å². The fraction of sp³-hybridized carbons (Fsp3) is 0.385. The van der Waals surface area contributed by atoms with E-state index in [1.807, 2.05) is 6.92 Å². The first-order valence-electron chi connectivity index (χ1n) is 5.85. The van der Waals surface area contributed by atoms with Crippen molar-refractivity contribution in [1.82, 2.24) is 4.90 Å². The summed E-state index contributed by atoms with van der Waals surface area (Å²) in [6, 6.07) is 7.03. The number of halogens is 1. The predicted octanol–water partition coefficient (Wildman–Crippen LogP) is 1.95. The van der Waals surface area contributed by atoms with E-state index in [2.05, 4.69) is 11.4 Å². The molecule has 1 rings (SSSR count). The zero-order valence-electron chi connectivity index (χ0n) is 11.0. The lowest BCUT2D eigenvalue weighted by molar-refractivity contribution is -0.117. The molecule has 1 aromatic rings. The molecule has 1 unspecified atom stereocenters. The molecule has 5 nitrogen and oxygen atoms in total. The Kier molecular flexibility index (Phi) is 5.61. The van der Waals surface area contributed by atoms with Crippen molar-refractivity contribution < 1.29 is 4.79 Å². The van der Waals surface area contributed by atoms with Crippen LogP contribution in [0.2, 0.25) is 5.02 Å². The third kappa shape index (κ3) is 5.16. The maximum absolute atomic E-state index is 11.8. The van der Waals surface area contributed by atoms with Gasteiger partial charge in [-0.1, -0.05) is 11.6 Å². The normalized spacial score (nSPS) is 11.9. The Morgan fingerprint density at radius 1 is 1.63 bits per heavy atom. The number of amides is 1. The molecule has 0 heterocycles. The lowest BCUT2D eigenvalue weighted by Crippen LogP contribution is -2.33. The van der Waals surface area contributed by atoms with Gasteiger partial charge in [0.25, 0.3) is 0 Å². The Balaban J connectivity index is 2.56. The molecule has 19 heavy (non-hydrogen) atoms. The number of nitrogens with zero attached hydrogens (tertiary/aromatic N) is 2. The molecule has 1 aromatic carbocycles. The third-order valence-electron chi connectivity index (χ3n) is 2.51. The standard InChI is InChI=1S/C13H17ClN4O/c1-9(6-15)7-18(2)8-13(19)17-12-5-10(14)3-4-11(12)16/h3-5,9H,7-8,16H2,1-2H3,(H,17,19). The molecule has 0 saturated heterocycles. The van der Waals surface area contributed by atoms with Crippen molar-refractivity contribution in [2.24, 2.45) is 5.92 Å². The van der Waals surface area contributed by atoms with E-state index in [1.165, 1.54) is 0 Å². The van der Waals surface area contributed by atoms with Crippen molar-refractivity contribution in [1.29, 1.82) is 5.26 Å². The SMILES string of the molecule is CC(C#N)CN(C)CC(=O)Nc1cc(Cl)ccc1N. The third-order valence-corrected chi connectivity index (χ3v) is 2.74. The van der Waals surface area contributed by atoms with E-state index in [0.717, 1.165) is 0 Å². The van der Waals surface area contributed by atoms with Gasteiger partial charge in [-0.2, -0.15) is 5.26 Å². The molecule has 0 fully saturated rings. The Bertz CT molecular complexity index is 498. The first kappa shape index (κ1) is 15.3. The predicted molar refractivity (Wildman–Crippen MR) is 76.8 cm³/mol. The van der Waals surface area contributed by atoms with Gasteiger partial charge in [-0.05, 0) is 32.2 Å². The number of nitrogens with one attached hydrogen (secondary N) is 1. The largest absolute Gasteiger partial charge is 0.397 e. The van der Waals surface area contributed by atoms with E-state index >= 15 is 0 Å². The van der Waals surface area contributed by atoms with Crippen LogP contribution in [0.25, 0.3) is 0 Å². The van der Waals surface area contributed by atoms with Crippen LogP contribution in [0, 0.1) is 17.2 Å². The summed E-state index contributed by atoms with van der Waals surface area (Å²) in [6.45, 7) is 2.54. The summed E-state index contributed by atoms with van der Waals surface area (Å²) >= 11 is 5.84. The van der Waals surface area contributed by atoms with Crippen molar-refractivity contribution in [3.63, 3.8) is 0 Å². The molecule has 0 aromatic heterocycles. The number of nitriles is 1. The molecule has 3 N–H and O–H groups in total. The Morgan fingerprint density at radius 2 is 2.32 bits per heavy atom. The molecule has 0 aliphatic heterocycles. The van der Waals surface area contributed by atoms with Crippen molar-refractivity contribution in [2.75, 3.05) is 31.2 Å². The van der Waals surface area contributed by atoms with Crippen LogP contribution in [0.15, 0.2) is 18.2 Å². The van der Waals surface area contributed by atoms with Gasteiger partial charge in [0.15, 0.2) is 0 Å². The first-order valence-corrected chi connectivity index (χ1v) is 6.23. The number of benzene rings is 1. The highest BCUT2D eigenvalue weighted by molar-refractivity contribution is 6.31. The highest BCUT2D eigenvalue weighted by atomic mass is 35.5. The van der Waals surface area contributed by atoms with Gasteiger partial charge >= 0.3 is 0 Å². The molecule has 1 amide bonds. The van der Waals surface area contributed by atoms with Crippen molar-refractivity contribution in [3.05, 3.63) is 23.2 Å². The van der Waals surface area contributed by atoms with E-state index in [1.54, 1.807) is 30.1 Å². The lowest BCUT2D eigenvalue weighted by Gasteiger charge is -2.17. The number of hydrogen-bond donors (Lipinski definition) is 2. The summed E-state index contributed by atoms with van der Waals surface area (Å²) < 4.78 is 0. The zero-order valence-corrected chi connectivity index (χ0v) is 11.7. The van der Waals surface area contributed by atoms with Crippen molar-refractivity contribution >= 4 is 28.9 Å². The minimum Gasteiger partial charge on any atom is -0.397 e. The lowest BCUT2D eigenvalue weighted by atomic mass is 10.2. The van der Waals surface area contributed by atoms with E-state index in [9.17, 15) is 4.79 Å². The summed E-state index contributed by atoms with van der Waals surface area (Å²) in [7, 11) is 1.79. The average Bonchev–Trinajstić information content (AvgIpc) is 2.33. The molecule has 0 bridgehead atoms. The number of anilines is 2. The van der Waals surface area contributed by atoms with Crippen LogP contribution in [0.5, 0.6) is 0 Å². The van der Waals surface area contributed by atoms with Crippen LogP contribution >= 0.6 is 11.6 Å². The smallest absolute Gasteiger partial charge is 0.238 e. The minimum absolute atomic E-state index is 0.117. The average molecular weight is 281 g/mol. The van der Waals surface area contributed by atoms with Gasteiger partial charge in [-0.3, -0.25) is 9.69 Å². The van der Waals surface area contributed by atoms with Gasteiger partial charge in [0.05, 0.1) is 29.9 Å². The van der Waals surface area contributed by atoms with Crippen LogP contribution < -0.4 is 11.1 Å². The zero-order chi connectivity index (χ0) is 14.4. The van der Waals surface area contributed by atoms with Crippen LogP contribution in [0.1, 0.15) is 6.92 Å². The summed E-state index contributed by atoms with van der Waals surface area (Å²) in [4.78, 5) is 13.6.